The minimum Gasteiger partial charge on any atom is -0.356 e. The van der Waals surface area contributed by atoms with Crippen molar-refractivity contribution in [1.29, 1.82) is 0 Å². The number of carbonyl (C=O) groups is 1. The molecule has 8 heteroatoms. The number of nitrogens with zero attached hydrogens (tertiary/aromatic N) is 5. The first-order chi connectivity index (χ1) is 15.0. The van der Waals surface area contributed by atoms with Crippen LogP contribution in [0.25, 0.3) is 0 Å². The van der Waals surface area contributed by atoms with Crippen LogP contribution in [0.1, 0.15) is 54.6 Å². The molecule has 0 bridgehead atoms. The highest BCUT2D eigenvalue weighted by molar-refractivity contribution is 14.0. The molecular weight excluding hydrogens is 515 g/mol. The van der Waals surface area contributed by atoms with Gasteiger partial charge in [-0.25, -0.2) is 4.99 Å². The summed E-state index contributed by atoms with van der Waals surface area (Å²) >= 11 is 0. The summed E-state index contributed by atoms with van der Waals surface area (Å²) < 4.78 is 1.92. The van der Waals surface area contributed by atoms with Gasteiger partial charge in [0.15, 0.2) is 5.96 Å². The number of aromatic nitrogens is 2. The molecule has 0 spiro atoms. The van der Waals surface area contributed by atoms with Gasteiger partial charge in [-0.05, 0) is 45.2 Å². The Labute approximate surface area is 208 Å². The molecule has 0 radical (unpaired) electrons. The quantitative estimate of drug-likeness (QED) is 0.338. The van der Waals surface area contributed by atoms with Crippen molar-refractivity contribution >= 4 is 41.5 Å². The zero-order valence-electron chi connectivity index (χ0n) is 19.6. The number of para-hydroxylation sites is 1. The van der Waals surface area contributed by atoms with Gasteiger partial charge in [0.2, 0.25) is 5.91 Å². The summed E-state index contributed by atoms with van der Waals surface area (Å²) in [7, 11) is 1.98. The molecule has 1 N–H and O–H groups in total. The van der Waals surface area contributed by atoms with Gasteiger partial charge in [-0.2, -0.15) is 5.10 Å². The molecule has 1 atom stereocenters. The number of aliphatic imine (C=N–C) groups is 1. The molecule has 1 fully saturated rings. The molecule has 174 valence electrons. The minimum atomic E-state index is 0. The Balaban J connectivity index is 0.00000289. The lowest BCUT2D eigenvalue weighted by molar-refractivity contribution is -0.127. The van der Waals surface area contributed by atoms with Crippen molar-refractivity contribution < 1.29 is 4.79 Å². The average Bonchev–Trinajstić information content (AvgIpc) is 3.41. The van der Waals surface area contributed by atoms with Crippen LogP contribution in [0, 0.1) is 13.8 Å². The molecule has 2 aliphatic heterocycles. The highest BCUT2D eigenvalue weighted by Crippen LogP contribution is 2.38. The van der Waals surface area contributed by atoms with E-state index in [1.165, 1.54) is 16.8 Å². The second-order valence-corrected chi connectivity index (χ2v) is 8.58. The van der Waals surface area contributed by atoms with Crippen LogP contribution in [0.5, 0.6) is 0 Å². The smallest absolute Gasteiger partial charge is 0.222 e. The first-order valence-corrected chi connectivity index (χ1v) is 11.4. The van der Waals surface area contributed by atoms with Gasteiger partial charge in [0.25, 0.3) is 0 Å². The van der Waals surface area contributed by atoms with E-state index in [0.717, 1.165) is 56.4 Å². The monoisotopic (exact) mass is 550 g/mol. The Morgan fingerprint density at radius 2 is 2.06 bits per heavy atom. The first-order valence-electron chi connectivity index (χ1n) is 11.4. The zero-order valence-corrected chi connectivity index (χ0v) is 21.9. The second-order valence-electron chi connectivity index (χ2n) is 8.58. The van der Waals surface area contributed by atoms with Crippen molar-refractivity contribution in [3.63, 3.8) is 0 Å². The molecule has 2 aliphatic rings. The van der Waals surface area contributed by atoms with E-state index in [2.05, 4.69) is 53.4 Å². The fourth-order valence-corrected chi connectivity index (χ4v) is 4.79. The number of rotatable bonds is 6. The van der Waals surface area contributed by atoms with Crippen molar-refractivity contribution in [3.05, 3.63) is 46.8 Å². The van der Waals surface area contributed by atoms with E-state index in [-0.39, 0.29) is 24.0 Å². The van der Waals surface area contributed by atoms with Crippen molar-refractivity contribution in [3.8, 4) is 0 Å². The molecular formula is C24H35IN6O. The summed E-state index contributed by atoms with van der Waals surface area (Å²) in [5.74, 6) is 1.62. The number of hydrogen-bond donors (Lipinski definition) is 1. The molecule has 1 unspecified atom stereocenters. The molecule has 4 rings (SSSR count). The van der Waals surface area contributed by atoms with Crippen LogP contribution in [-0.4, -0.2) is 52.7 Å². The lowest BCUT2D eigenvalue weighted by atomic mass is 9.98. The third-order valence-electron chi connectivity index (χ3n) is 6.63. The van der Waals surface area contributed by atoms with E-state index in [9.17, 15) is 4.79 Å². The van der Waals surface area contributed by atoms with Gasteiger partial charge in [-0.3, -0.25) is 9.48 Å². The number of halogens is 1. The Kier molecular flexibility index (Phi) is 8.19. The number of aryl methyl sites for hydroxylation is 2. The summed E-state index contributed by atoms with van der Waals surface area (Å²) in [5.41, 5.74) is 5.96. The van der Waals surface area contributed by atoms with Crippen molar-refractivity contribution in [2.24, 2.45) is 12.0 Å². The highest BCUT2D eigenvalue weighted by Gasteiger charge is 2.32. The number of nitrogens with one attached hydrogen (secondary N) is 1. The molecule has 1 saturated heterocycles. The molecule has 0 saturated carbocycles. The summed E-state index contributed by atoms with van der Waals surface area (Å²) in [6.07, 6.45) is 2.69. The third-order valence-corrected chi connectivity index (χ3v) is 6.63. The maximum atomic E-state index is 12.0. The van der Waals surface area contributed by atoms with Crippen LogP contribution in [0.4, 0.5) is 5.69 Å². The third kappa shape index (κ3) is 4.94. The molecule has 32 heavy (non-hydrogen) atoms. The van der Waals surface area contributed by atoms with E-state index < -0.39 is 0 Å². The SMILES string of the molecule is CCNC(=NCc1c(C)nn(C)c1C)N1CC(CCN2CCCC2=O)c2ccccc21.I. The van der Waals surface area contributed by atoms with E-state index in [1.54, 1.807) is 0 Å². The number of fused-ring (bicyclic) bond motifs is 1. The normalized spacial score (nSPS) is 18.2. The van der Waals surface area contributed by atoms with Gasteiger partial charge >= 0.3 is 0 Å². The van der Waals surface area contributed by atoms with Crippen LogP contribution >= 0.6 is 24.0 Å². The van der Waals surface area contributed by atoms with E-state index >= 15 is 0 Å². The van der Waals surface area contributed by atoms with Crippen LogP contribution in [0.15, 0.2) is 29.3 Å². The standard InChI is InChI=1S/C24H34N6O.HI/c1-5-25-24(26-15-21-17(2)27-28(4)18(21)3)30-16-19(20-9-6-7-10-22(20)30)12-14-29-13-8-11-23(29)31;/h6-7,9-10,19H,5,8,11-16H2,1-4H3,(H,25,26);1H. The molecule has 1 amide bonds. The topological polar surface area (TPSA) is 65.8 Å². The van der Waals surface area contributed by atoms with Crippen LogP contribution in [0.3, 0.4) is 0 Å². The Bertz CT molecular complexity index is 985. The van der Waals surface area contributed by atoms with Crippen LogP contribution < -0.4 is 10.2 Å². The Morgan fingerprint density at radius 1 is 1.28 bits per heavy atom. The molecule has 3 heterocycles. The lowest BCUT2D eigenvalue weighted by Crippen LogP contribution is -2.41. The van der Waals surface area contributed by atoms with Gasteiger partial charge in [0.05, 0.1) is 12.2 Å². The largest absolute Gasteiger partial charge is 0.356 e. The van der Waals surface area contributed by atoms with E-state index in [4.69, 9.17) is 4.99 Å². The van der Waals surface area contributed by atoms with Gasteiger partial charge < -0.3 is 15.1 Å². The fraction of sp³-hybridized carbons (Fsp3) is 0.542. The van der Waals surface area contributed by atoms with Gasteiger partial charge in [-0.15, -0.1) is 24.0 Å². The molecule has 0 aliphatic carbocycles. The maximum absolute atomic E-state index is 12.0. The summed E-state index contributed by atoms with van der Waals surface area (Å²) in [4.78, 5) is 21.4. The van der Waals surface area contributed by atoms with Crippen LogP contribution in [0.2, 0.25) is 0 Å². The predicted octanol–water partition coefficient (Wildman–Crippen LogP) is 3.74. The van der Waals surface area contributed by atoms with Gasteiger partial charge in [-0.1, -0.05) is 18.2 Å². The summed E-state index contributed by atoms with van der Waals surface area (Å²) in [6.45, 7) is 10.3. The Morgan fingerprint density at radius 3 is 2.72 bits per heavy atom. The minimum absolute atomic E-state index is 0. The number of guanidine groups is 1. The summed E-state index contributed by atoms with van der Waals surface area (Å²) in [5, 5.41) is 8.02. The lowest BCUT2D eigenvalue weighted by Gasteiger charge is -2.23. The van der Waals surface area contributed by atoms with Crippen molar-refractivity contribution in [2.75, 3.05) is 31.1 Å². The molecule has 7 nitrogen and oxygen atoms in total. The molecule has 1 aromatic carbocycles. The number of carbonyl (C=O) groups excluding carboxylic acids is 1. The number of benzene rings is 1. The predicted molar refractivity (Wildman–Crippen MR) is 140 cm³/mol. The van der Waals surface area contributed by atoms with Crippen molar-refractivity contribution in [1.82, 2.24) is 20.0 Å². The highest BCUT2D eigenvalue weighted by atomic mass is 127. The number of likely N-dealkylation sites (tertiary alicyclic amines) is 1. The number of hydrogen-bond acceptors (Lipinski definition) is 3. The van der Waals surface area contributed by atoms with Gasteiger partial charge in [0.1, 0.15) is 0 Å². The first kappa shape index (κ1) is 24.5. The Hall–Kier alpha value is -2.10. The van der Waals surface area contributed by atoms with Crippen LogP contribution in [-0.2, 0) is 18.4 Å². The van der Waals surface area contributed by atoms with Crippen molar-refractivity contribution in [2.45, 2.75) is 52.5 Å². The average molecular weight is 550 g/mol. The molecule has 1 aromatic heterocycles. The van der Waals surface area contributed by atoms with E-state index in [1.807, 2.05) is 23.6 Å². The fourth-order valence-electron chi connectivity index (χ4n) is 4.79. The van der Waals surface area contributed by atoms with Gasteiger partial charge in [0, 0.05) is 62.5 Å². The zero-order chi connectivity index (χ0) is 22.0. The number of anilines is 1. The second kappa shape index (κ2) is 10.7. The number of amides is 1. The van der Waals surface area contributed by atoms with E-state index in [0.29, 0.717) is 24.8 Å². The summed E-state index contributed by atoms with van der Waals surface area (Å²) in [6, 6.07) is 8.62. The molecule has 2 aromatic rings. The maximum Gasteiger partial charge on any atom is 0.222 e.